The number of carbonyl (C=O) groups is 1. The molecule has 0 spiro atoms. The van der Waals surface area contributed by atoms with Crippen LogP contribution in [0.25, 0.3) is 0 Å². The zero-order chi connectivity index (χ0) is 14.5. The van der Waals surface area contributed by atoms with Gasteiger partial charge in [0.1, 0.15) is 5.56 Å². The van der Waals surface area contributed by atoms with Crippen molar-refractivity contribution in [3.8, 4) is 0 Å². The third kappa shape index (κ3) is 3.35. The highest BCUT2D eigenvalue weighted by Gasteiger charge is 2.14. The maximum Gasteiger partial charge on any atom is 0.339 e. The zero-order valence-corrected chi connectivity index (χ0v) is 11.7. The molecule has 0 saturated heterocycles. The normalized spacial score (nSPS) is 10.3. The van der Waals surface area contributed by atoms with Gasteiger partial charge in [-0.25, -0.2) is 4.79 Å². The summed E-state index contributed by atoms with van der Waals surface area (Å²) in [6.45, 7) is 4.27. The van der Waals surface area contributed by atoms with E-state index in [1.54, 1.807) is 13.0 Å². The SMILES string of the molecule is Cc1cc(NCCc2ccccc2)c(C(=O)O)c(C)n1. The molecule has 2 aromatic rings. The van der Waals surface area contributed by atoms with Gasteiger partial charge in [0, 0.05) is 12.2 Å². The molecular formula is C16H18N2O2. The summed E-state index contributed by atoms with van der Waals surface area (Å²) >= 11 is 0. The summed E-state index contributed by atoms with van der Waals surface area (Å²) in [6, 6.07) is 11.9. The first-order valence-corrected chi connectivity index (χ1v) is 6.57. The van der Waals surface area contributed by atoms with Gasteiger partial charge in [0.2, 0.25) is 0 Å². The number of carboxylic acid groups (broad SMARTS) is 1. The van der Waals surface area contributed by atoms with Crippen LogP contribution in [-0.2, 0) is 6.42 Å². The number of pyridine rings is 1. The van der Waals surface area contributed by atoms with E-state index in [9.17, 15) is 9.90 Å². The summed E-state index contributed by atoms with van der Waals surface area (Å²) in [6.07, 6.45) is 0.848. The fourth-order valence-corrected chi connectivity index (χ4v) is 2.22. The van der Waals surface area contributed by atoms with Crippen LogP contribution in [0.2, 0.25) is 0 Å². The van der Waals surface area contributed by atoms with Crippen LogP contribution in [0.5, 0.6) is 0 Å². The molecule has 2 N–H and O–H groups in total. The Morgan fingerprint density at radius 1 is 1.25 bits per heavy atom. The topological polar surface area (TPSA) is 62.2 Å². The molecule has 1 aromatic carbocycles. The molecule has 4 nitrogen and oxygen atoms in total. The third-order valence-electron chi connectivity index (χ3n) is 3.11. The van der Waals surface area contributed by atoms with Gasteiger partial charge >= 0.3 is 5.97 Å². The minimum atomic E-state index is -0.947. The zero-order valence-electron chi connectivity index (χ0n) is 11.7. The van der Waals surface area contributed by atoms with E-state index in [0.717, 1.165) is 12.1 Å². The van der Waals surface area contributed by atoms with E-state index >= 15 is 0 Å². The van der Waals surface area contributed by atoms with Crippen LogP contribution in [0.15, 0.2) is 36.4 Å². The molecule has 0 aliphatic heterocycles. The van der Waals surface area contributed by atoms with Crippen molar-refractivity contribution in [3.05, 3.63) is 58.9 Å². The Balaban J connectivity index is 2.11. The number of benzene rings is 1. The van der Waals surface area contributed by atoms with Crippen LogP contribution < -0.4 is 5.32 Å². The number of aromatic nitrogens is 1. The second-order valence-corrected chi connectivity index (χ2v) is 4.74. The van der Waals surface area contributed by atoms with E-state index in [-0.39, 0.29) is 5.56 Å². The Hall–Kier alpha value is -2.36. The second kappa shape index (κ2) is 6.19. The molecule has 0 atom stereocenters. The Labute approximate surface area is 118 Å². The van der Waals surface area contributed by atoms with Gasteiger partial charge in [0.05, 0.1) is 11.4 Å². The molecule has 1 aromatic heterocycles. The number of nitrogens with one attached hydrogen (secondary N) is 1. The van der Waals surface area contributed by atoms with Crippen molar-refractivity contribution in [3.63, 3.8) is 0 Å². The lowest BCUT2D eigenvalue weighted by Gasteiger charge is -2.12. The van der Waals surface area contributed by atoms with Gasteiger partial charge in [-0.1, -0.05) is 30.3 Å². The standard InChI is InChI=1S/C16H18N2O2/c1-11-10-14(15(16(19)20)12(2)18-11)17-9-8-13-6-4-3-5-7-13/h3-7,10H,8-9H2,1-2H3,(H,17,18)(H,19,20). The van der Waals surface area contributed by atoms with E-state index in [1.165, 1.54) is 5.56 Å². The Morgan fingerprint density at radius 2 is 1.95 bits per heavy atom. The van der Waals surface area contributed by atoms with Crippen LogP contribution in [0.3, 0.4) is 0 Å². The number of anilines is 1. The number of hydrogen-bond donors (Lipinski definition) is 2. The number of aryl methyl sites for hydroxylation is 2. The summed E-state index contributed by atoms with van der Waals surface area (Å²) in [5, 5.41) is 12.5. The van der Waals surface area contributed by atoms with Gasteiger partial charge < -0.3 is 10.4 Å². The summed E-state index contributed by atoms with van der Waals surface area (Å²) in [5.74, 6) is -0.947. The lowest BCUT2D eigenvalue weighted by Crippen LogP contribution is -2.12. The number of carboxylic acids is 1. The molecule has 0 amide bonds. The number of aromatic carboxylic acids is 1. The summed E-state index contributed by atoms with van der Waals surface area (Å²) in [7, 11) is 0. The summed E-state index contributed by atoms with van der Waals surface area (Å²) in [5.41, 5.74) is 3.47. The molecular weight excluding hydrogens is 252 g/mol. The monoisotopic (exact) mass is 270 g/mol. The first-order valence-electron chi connectivity index (χ1n) is 6.57. The first-order chi connectivity index (χ1) is 9.58. The average Bonchev–Trinajstić information content (AvgIpc) is 2.38. The second-order valence-electron chi connectivity index (χ2n) is 4.74. The van der Waals surface area contributed by atoms with Crippen LogP contribution >= 0.6 is 0 Å². The van der Waals surface area contributed by atoms with E-state index < -0.39 is 5.97 Å². The number of rotatable bonds is 5. The molecule has 0 saturated carbocycles. The molecule has 4 heteroatoms. The van der Waals surface area contributed by atoms with E-state index in [2.05, 4.69) is 22.4 Å². The van der Waals surface area contributed by atoms with Crippen LogP contribution in [-0.4, -0.2) is 22.6 Å². The van der Waals surface area contributed by atoms with E-state index in [4.69, 9.17) is 0 Å². The molecule has 2 rings (SSSR count). The predicted octanol–water partition coefficient (Wildman–Crippen LogP) is 3.05. The summed E-state index contributed by atoms with van der Waals surface area (Å²) < 4.78 is 0. The van der Waals surface area contributed by atoms with Crippen molar-refractivity contribution >= 4 is 11.7 Å². The third-order valence-corrected chi connectivity index (χ3v) is 3.11. The van der Waals surface area contributed by atoms with Crippen LogP contribution in [0.1, 0.15) is 27.3 Å². The van der Waals surface area contributed by atoms with Gasteiger partial charge in [-0.2, -0.15) is 0 Å². The molecule has 0 fully saturated rings. The van der Waals surface area contributed by atoms with Gasteiger partial charge in [0.25, 0.3) is 0 Å². The number of nitrogens with zero attached hydrogens (tertiary/aromatic N) is 1. The van der Waals surface area contributed by atoms with Crippen molar-refractivity contribution in [2.45, 2.75) is 20.3 Å². The predicted molar refractivity (Wildman–Crippen MR) is 79.3 cm³/mol. The van der Waals surface area contributed by atoms with Crippen molar-refractivity contribution < 1.29 is 9.90 Å². The highest BCUT2D eigenvalue weighted by Crippen LogP contribution is 2.19. The lowest BCUT2D eigenvalue weighted by molar-refractivity contribution is 0.0696. The summed E-state index contributed by atoms with van der Waals surface area (Å²) in [4.78, 5) is 15.5. The Morgan fingerprint density at radius 3 is 2.60 bits per heavy atom. The molecule has 0 aliphatic carbocycles. The quantitative estimate of drug-likeness (QED) is 0.876. The van der Waals surface area contributed by atoms with Crippen molar-refractivity contribution in [2.75, 3.05) is 11.9 Å². The minimum Gasteiger partial charge on any atom is -0.478 e. The number of hydrogen-bond acceptors (Lipinski definition) is 3. The highest BCUT2D eigenvalue weighted by molar-refractivity contribution is 5.95. The fourth-order valence-electron chi connectivity index (χ4n) is 2.22. The molecule has 20 heavy (non-hydrogen) atoms. The highest BCUT2D eigenvalue weighted by atomic mass is 16.4. The fraction of sp³-hybridized carbons (Fsp3) is 0.250. The minimum absolute atomic E-state index is 0.253. The maximum absolute atomic E-state index is 11.3. The van der Waals surface area contributed by atoms with Crippen LogP contribution in [0.4, 0.5) is 5.69 Å². The van der Waals surface area contributed by atoms with Gasteiger partial charge in [-0.3, -0.25) is 4.98 Å². The first kappa shape index (κ1) is 14.1. The van der Waals surface area contributed by atoms with E-state index in [0.29, 0.717) is 17.9 Å². The Bertz CT molecular complexity index is 609. The lowest BCUT2D eigenvalue weighted by atomic mass is 10.1. The molecule has 0 bridgehead atoms. The van der Waals surface area contributed by atoms with Crippen molar-refractivity contribution in [1.29, 1.82) is 0 Å². The molecule has 104 valence electrons. The van der Waals surface area contributed by atoms with Crippen LogP contribution in [0, 0.1) is 13.8 Å². The van der Waals surface area contributed by atoms with Crippen molar-refractivity contribution in [2.24, 2.45) is 0 Å². The Kier molecular flexibility index (Phi) is 4.35. The largest absolute Gasteiger partial charge is 0.478 e. The smallest absolute Gasteiger partial charge is 0.339 e. The van der Waals surface area contributed by atoms with E-state index in [1.807, 2.05) is 25.1 Å². The molecule has 0 aliphatic rings. The van der Waals surface area contributed by atoms with Gasteiger partial charge in [-0.05, 0) is 31.9 Å². The molecule has 0 unspecified atom stereocenters. The van der Waals surface area contributed by atoms with Gasteiger partial charge in [0.15, 0.2) is 0 Å². The van der Waals surface area contributed by atoms with Gasteiger partial charge in [-0.15, -0.1) is 0 Å². The molecule has 1 heterocycles. The molecule has 0 radical (unpaired) electrons. The average molecular weight is 270 g/mol. The maximum atomic E-state index is 11.3. The van der Waals surface area contributed by atoms with Crippen molar-refractivity contribution in [1.82, 2.24) is 4.98 Å².